The van der Waals surface area contributed by atoms with Crippen LogP contribution in [0.1, 0.15) is 23.2 Å². The third-order valence-electron chi connectivity index (χ3n) is 2.12. The first-order valence-electron chi connectivity index (χ1n) is 4.73. The van der Waals surface area contributed by atoms with Crippen LogP contribution in [0.2, 0.25) is 0 Å². The number of anilines is 1. The van der Waals surface area contributed by atoms with E-state index in [2.05, 4.69) is 0 Å². The lowest BCUT2D eigenvalue weighted by Crippen LogP contribution is -2.04. The lowest BCUT2D eigenvalue weighted by atomic mass is 10.1. The molecular formula is C11H13NO4. The fourth-order valence-corrected chi connectivity index (χ4v) is 1.27. The van der Waals surface area contributed by atoms with Crippen LogP contribution in [0.15, 0.2) is 18.2 Å². The number of carboxylic acids is 1. The van der Waals surface area contributed by atoms with Crippen LogP contribution in [0.4, 0.5) is 5.69 Å². The van der Waals surface area contributed by atoms with Gasteiger partial charge in [-0.2, -0.15) is 0 Å². The van der Waals surface area contributed by atoms with Crippen molar-refractivity contribution in [3.63, 3.8) is 0 Å². The fraction of sp³-hybridized carbons (Fsp3) is 0.273. The summed E-state index contributed by atoms with van der Waals surface area (Å²) in [6, 6.07) is 4.64. The number of hydrogen-bond acceptors (Lipinski definition) is 4. The van der Waals surface area contributed by atoms with Gasteiger partial charge in [0.15, 0.2) is 5.78 Å². The molecule has 0 aliphatic heterocycles. The van der Waals surface area contributed by atoms with Gasteiger partial charge in [0.1, 0.15) is 5.75 Å². The van der Waals surface area contributed by atoms with Gasteiger partial charge in [-0.05, 0) is 18.2 Å². The first-order chi connectivity index (χ1) is 7.54. The van der Waals surface area contributed by atoms with Crippen molar-refractivity contribution in [2.45, 2.75) is 12.8 Å². The number of carbonyl (C=O) groups excluding carboxylic acids is 1. The van der Waals surface area contributed by atoms with Gasteiger partial charge in [-0.1, -0.05) is 0 Å². The summed E-state index contributed by atoms with van der Waals surface area (Å²) in [6.07, 6.45) is -0.203. The van der Waals surface area contributed by atoms with Crippen LogP contribution >= 0.6 is 0 Å². The molecule has 1 aromatic rings. The average molecular weight is 223 g/mol. The number of rotatable bonds is 5. The van der Waals surface area contributed by atoms with E-state index in [4.69, 9.17) is 15.6 Å². The lowest BCUT2D eigenvalue weighted by molar-refractivity contribution is -0.136. The van der Waals surface area contributed by atoms with Crippen LogP contribution in [0, 0.1) is 0 Å². The van der Waals surface area contributed by atoms with Crippen molar-refractivity contribution >= 4 is 17.4 Å². The first kappa shape index (κ1) is 12.0. The van der Waals surface area contributed by atoms with Crippen molar-refractivity contribution in [1.82, 2.24) is 0 Å². The van der Waals surface area contributed by atoms with Gasteiger partial charge in [0, 0.05) is 12.0 Å². The molecule has 0 bridgehead atoms. The molecule has 3 N–H and O–H groups in total. The number of Topliss-reactive ketones (excluding diaryl/α,β-unsaturated/α-hetero) is 1. The van der Waals surface area contributed by atoms with Gasteiger partial charge in [0.2, 0.25) is 0 Å². The fourth-order valence-electron chi connectivity index (χ4n) is 1.27. The van der Waals surface area contributed by atoms with Crippen molar-refractivity contribution in [3.8, 4) is 5.75 Å². The summed E-state index contributed by atoms with van der Waals surface area (Å²) in [5.41, 5.74) is 6.40. The molecule has 0 spiro atoms. The number of nitrogens with two attached hydrogens (primary N) is 1. The van der Waals surface area contributed by atoms with Gasteiger partial charge < -0.3 is 15.6 Å². The zero-order valence-corrected chi connectivity index (χ0v) is 8.90. The number of carboxylic acid groups (broad SMARTS) is 1. The predicted molar refractivity (Wildman–Crippen MR) is 58.6 cm³/mol. The topological polar surface area (TPSA) is 89.6 Å². The summed E-state index contributed by atoms with van der Waals surface area (Å²) in [7, 11) is 1.48. The molecule has 0 heterocycles. The minimum absolute atomic E-state index is 0.0267. The molecule has 0 aromatic heterocycles. The highest BCUT2D eigenvalue weighted by Gasteiger charge is 2.10. The van der Waals surface area contributed by atoms with Crippen LogP contribution in [-0.4, -0.2) is 24.0 Å². The minimum atomic E-state index is -0.991. The van der Waals surface area contributed by atoms with Crippen LogP contribution in [0.5, 0.6) is 5.75 Å². The maximum Gasteiger partial charge on any atom is 0.303 e. The molecule has 0 atom stereocenters. The number of methoxy groups -OCH3 is 1. The Morgan fingerprint density at radius 2 is 2.06 bits per heavy atom. The van der Waals surface area contributed by atoms with Crippen LogP contribution < -0.4 is 10.5 Å². The molecule has 16 heavy (non-hydrogen) atoms. The monoisotopic (exact) mass is 223 g/mol. The summed E-state index contributed by atoms with van der Waals surface area (Å²) in [5.74, 6) is -0.735. The molecule has 0 saturated carbocycles. The van der Waals surface area contributed by atoms with E-state index in [1.54, 1.807) is 12.1 Å². The lowest BCUT2D eigenvalue weighted by Gasteiger charge is -2.05. The van der Waals surface area contributed by atoms with E-state index >= 15 is 0 Å². The third-order valence-corrected chi connectivity index (χ3v) is 2.12. The highest BCUT2D eigenvalue weighted by molar-refractivity contribution is 5.98. The van der Waals surface area contributed by atoms with Gasteiger partial charge in [0.25, 0.3) is 0 Å². The molecule has 0 aliphatic carbocycles. The molecule has 0 saturated heterocycles. The number of nitrogen functional groups attached to an aromatic ring is 1. The standard InChI is InChI=1S/C11H13NO4/c1-16-10-4-2-7(6-8(10)12)9(13)3-5-11(14)15/h2,4,6H,3,5,12H2,1H3,(H,14,15). The van der Waals surface area contributed by atoms with Crippen molar-refractivity contribution in [2.24, 2.45) is 0 Å². The summed E-state index contributed by atoms with van der Waals surface area (Å²) < 4.78 is 4.95. The number of benzene rings is 1. The third kappa shape index (κ3) is 2.98. The van der Waals surface area contributed by atoms with Gasteiger partial charge in [-0.25, -0.2) is 0 Å². The highest BCUT2D eigenvalue weighted by Crippen LogP contribution is 2.22. The Balaban J connectivity index is 2.77. The van der Waals surface area contributed by atoms with E-state index in [0.29, 0.717) is 17.0 Å². The molecule has 1 rings (SSSR count). The van der Waals surface area contributed by atoms with E-state index in [0.717, 1.165) is 0 Å². The minimum Gasteiger partial charge on any atom is -0.495 e. The number of aliphatic carboxylic acids is 1. The predicted octanol–water partition coefficient (Wildman–Crippen LogP) is 1.32. The van der Waals surface area contributed by atoms with Gasteiger partial charge >= 0.3 is 5.97 Å². The molecule has 0 fully saturated rings. The van der Waals surface area contributed by atoms with E-state index in [1.807, 2.05) is 0 Å². The normalized spacial score (nSPS) is 9.81. The summed E-state index contributed by atoms with van der Waals surface area (Å²) in [4.78, 5) is 21.8. The van der Waals surface area contributed by atoms with Gasteiger partial charge in [-0.3, -0.25) is 9.59 Å². The molecule has 0 unspecified atom stereocenters. The highest BCUT2D eigenvalue weighted by atomic mass is 16.5. The van der Waals surface area contributed by atoms with E-state index in [1.165, 1.54) is 13.2 Å². The molecule has 0 aliphatic rings. The molecule has 5 heteroatoms. The van der Waals surface area contributed by atoms with Crippen LogP contribution in [-0.2, 0) is 4.79 Å². The number of ether oxygens (including phenoxy) is 1. The Morgan fingerprint density at radius 1 is 1.38 bits per heavy atom. The Hall–Kier alpha value is -2.04. The first-order valence-corrected chi connectivity index (χ1v) is 4.73. The maximum atomic E-state index is 11.5. The van der Waals surface area contributed by atoms with Crippen molar-refractivity contribution < 1.29 is 19.4 Å². The van der Waals surface area contributed by atoms with E-state index < -0.39 is 5.97 Å². The Morgan fingerprint density at radius 3 is 2.56 bits per heavy atom. The molecule has 1 aromatic carbocycles. The number of ketones is 1. The van der Waals surface area contributed by atoms with Crippen LogP contribution in [0.25, 0.3) is 0 Å². The average Bonchev–Trinajstić information content (AvgIpc) is 2.25. The van der Waals surface area contributed by atoms with Crippen molar-refractivity contribution in [2.75, 3.05) is 12.8 Å². The molecule has 0 radical (unpaired) electrons. The quantitative estimate of drug-likeness (QED) is 0.580. The Kier molecular flexibility index (Phi) is 3.88. The molecule has 0 amide bonds. The molecule has 5 nitrogen and oxygen atoms in total. The summed E-state index contributed by atoms with van der Waals surface area (Å²) in [5, 5.41) is 8.45. The molecular weight excluding hydrogens is 210 g/mol. The zero-order valence-electron chi connectivity index (χ0n) is 8.90. The SMILES string of the molecule is COc1ccc(C(=O)CCC(=O)O)cc1N. The van der Waals surface area contributed by atoms with Crippen LogP contribution in [0.3, 0.4) is 0 Å². The van der Waals surface area contributed by atoms with Gasteiger partial charge in [-0.15, -0.1) is 0 Å². The Bertz CT molecular complexity index is 414. The second-order valence-electron chi connectivity index (χ2n) is 3.27. The summed E-state index contributed by atoms with van der Waals surface area (Å²) in [6.45, 7) is 0. The maximum absolute atomic E-state index is 11.5. The molecule has 86 valence electrons. The smallest absolute Gasteiger partial charge is 0.303 e. The summed E-state index contributed by atoms with van der Waals surface area (Å²) >= 11 is 0. The Labute approximate surface area is 92.8 Å². The zero-order chi connectivity index (χ0) is 12.1. The largest absolute Gasteiger partial charge is 0.495 e. The van der Waals surface area contributed by atoms with Crippen molar-refractivity contribution in [3.05, 3.63) is 23.8 Å². The van der Waals surface area contributed by atoms with E-state index in [9.17, 15) is 9.59 Å². The second kappa shape index (κ2) is 5.16. The van der Waals surface area contributed by atoms with E-state index in [-0.39, 0.29) is 18.6 Å². The van der Waals surface area contributed by atoms with Gasteiger partial charge in [0.05, 0.1) is 19.2 Å². The number of hydrogen-bond donors (Lipinski definition) is 2. The van der Waals surface area contributed by atoms with Crippen molar-refractivity contribution in [1.29, 1.82) is 0 Å². The second-order valence-corrected chi connectivity index (χ2v) is 3.27. The number of carbonyl (C=O) groups is 2.